The molecule has 4 nitrogen and oxygen atoms in total. The zero-order valence-electron chi connectivity index (χ0n) is 17.8. The SMILES string of the molecule is Cc1ccc(-c2cccc(-c3ccc(C)cc3)c2C(=O)Nc2cccc3nsnc23)cc1. The Morgan fingerprint density at radius 3 is 1.88 bits per heavy atom. The average Bonchev–Trinajstić information content (AvgIpc) is 3.30. The number of anilines is 1. The van der Waals surface area contributed by atoms with E-state index in [2.05, 4.69) is 76.4 Å². The summed E-state index contributed by atoms with van der Waals surface area (Å²) < 4.78 is 8.65. The normalized spacial score (nSPS) is 10.9. The number of amides is 1. The molecule has 0 spiro atoms. The molecule has 5 heteroatoms. The minimum atomic E-state index is -0.169. The summed E-state index contributed by atoms with van der Waals surface area (Å²) in [6.45, 7) is 4.12. The molecule has 0 unspecified atom stereocenters. The first-order valence-corrected chi connectivity index (χ1v) is 11.1. The molecule has 0 aliphatic carbocycles. The Morgan fingerprint density at radius 2 is 1.28 bits per heavy atom. The van der Waals surface area contributed by atoms with Crippen LogP contribution in [-0.4, -0.2) is 14.7 Å². The summed E-state index contributed by atoms with van der Waals surface area (Å²) in [5.74, 6) is -0.169. The van der Waals surface area contributed by atoms with Crippen molar-refractivity contribution in [2.75, 3.05) is 5.32 Å². The van der Waals surface area contributed by atoms with Gasteiger partial charge in [0.1, 0.15) is 11.0 Å². The number of rotatable bonds is 4. The minimum absolute atomic E-state index is 0.169. The van der Waals surface area contributed by atoms with Crippen LogP contribution >= 0.6 is 11.7 Å². The maximum atomic E-state index is 13.7. The Balaban J connectivity index is 1.67. The highest BCUT2D eigenvalue weighted by atomic mass is 32.1. The summed E-state index contributed by atoms with van der Waals surface area (Å²) in [5.41, 5.74) is 8.93. The van der Waals surface area contributed by atoms with Crippen molar-refractivity contribution in [3.8, 4) is 22.3 Å². The number of hydrogen-bond donors (Lipinski definition) is 1. The Bertz CT molecular complexity index is 1360. The van der Waals surface area contributed by atoms with E-state index in [9.17, 15) is 4.79 Å². The number of aryl methyl sites for hydroxylation is 2. The maximum Gasteiger partial charge on any atom is 0.256 e. The highest BCUT2D eigenvalue weighted by Crippen LogP contribution is 2.34. The van der Waals surface area contributed by atoms with Gasteiger partial charge in [-0.25, -0.2) is 0 Å². The average molecular weight is 436 g/mol. The molecule has 1 aromatic heterocycles. The van der Waals surface area contributed by atoms with E-state index in [0.29, 0.717) is 16.8 Å². The highest BCUT2D eigenvalue weighted by molar-refractivity contribution is 7.00. The number of hydrogen-bond acceptors (Lipinski definition) is 4. The Morgan fingerprint density at radius 1 is 0.719 bits per heavy atom. The van der Waals surface area contributed by atoms with Crippen LogP contribution in [0.25, 0.3) is 33.3 Å². The predicted molar refractivity (Wildman–Crippen MR) is 132 cm³/mol. The lowest BCUT2D eigenvalue weighted by atomic mass is 9.90. The van der Waals surface area contributed by atoms with E-state index in [1.165, 1.54) is 11.1 Å². The van der Waals surface area contributed by atoms with Crippen molar-refractivity contribution >= 4 is 34.4 Å². The van der Waals surface area contributed by atoms with E-state index < -0.39 is 0 Å². The molecule has 0 atom stereocenters. The molecule has 1 N–H and O–H groups in total. The van der Waals surface area contributed by atoms with Gasteiger partial charge in [-0.1, -0.05) is 83.9 Å². The van der Waals surface area contributed by atoms with E-state index in [1.54, 1.807) is 0 Å². The van der Waals surface area contributed by atoms with E-state index in [4.69, 9.17) is 0 Å². The van der Waals surface area contributed by atoms with Crippen LogP contribution in [0.5, 0.6) is 0 Å². The molecule has 0 saturated heterocycles. The third kappa shape index (κ3) is 3.79. The van der Waals surface area contributed by atoms with Gasteiger partial charge in [0, 0.05) is 0 Å². The molecule has 0 aliphatic rings. The second-order valence-electron chi connectivity index (χ2n) is 7.85. The lowest BCUT2D eigenvalue weighted by molar-refractivity contribution is 0.102. The van der Waals surface area contributed by atoms with Crippen LogP contribution in [0.2, 0.25) is 0 Å². The molecule has 0 saturated carbocycles. The zero-order chi connectivity index (χ0) is 22.1. The molecular formula is C27H21N3OS. The number of carbonyl (C=O) groups excluding carboxylic acids is 1. The fraction of sp³-hybridized carbons (Fsp3) is 0.0741. The summed E-state index contributed by atoms with van der Waals surface area (Å²) in [7, 11) is 0. The molecule has 0 bridgehead atoms. The number of nitrogens with one attached hydrogen (secondary N) is 1. The second kappa shape index (κ2) is 8.36. The van der Waals surface area contributed by atoms with Crippen LogP contribution in [0.15, 0.2) is 84.9 Å². The van der Waals surface area contributed by atoms with E-state index >= 15 is 0 Å². The molecule has 156 valence electrons. The Kier molecular flexibility index (Phi) is 5.25. The van der Waals surface area contributed by atoms with Crippen molar-refractivity contribution < 1.29 is 4.79 Å². The number of fused-ring (bicyclic) bond motifs is 1. The summed E-state index contributed by atoms with van der Waals surface area (Å²) in [6.07, 6.45) is 0. The molecule has 5 rings (SSSR count). The van der Waals surface area contributed by atoms with Crippen LogP contribution in [0.4, 0.5) is 5.69 Å². The first-order valence-electron chi connectivity index (χ1n) is 10.4. The molecule has 1 heterocycles. The van der Waals surface area contributed by atoms with Crippen molar-refractivity contribution in [3.63, 3.8) is 0 Å². The summed E-state index contributed by atoms with van der Waals surface area (Å²) >= 11 is 1.14. The molecule has 0 aliphatic heterocycles. The van der Waals surface area contributed by atoms with Gasteiger partial charge >= 0.3 is 0 Å². The van der Waals surface area contributed by atoms with Gasteiger partial charge in [-0.15, -0.1) is 0 Å². The van der Waals surface area contributed by atoms with Crippen LogP contribution in [-0.2, 0) is 0 Å². The van der Waals surface area contributed by atoms with E-state index in [0.717, 1.165) is 39.5 Å². The van der Waals surface area contributed by atoms with Crippen molar-refractivity contribution in [2.24, 2.45) is 0 Å². The van der Waals surface area contributed by atoms with Crippen molar-refractivity contribution in [2.45, 2.75) is 13.8 Å². The Hall–Kier alpha value is -3.83. The van der Waals surface area contributed by atoms with Crippen molar-refractivity contribution in [3.05, 3.63) is 102 Å². The van der Waals surface area contributed by atoms with Crippen molar-refractivity contribution in [1.29, 1.82) is 0 Å². The standard InChI is InChI=1S/C27H21N3OS/c1-17-9-13-19(14-10-17)21-5-3-6-22(20-15-11-18(2)12-16-20)25(21)27(31)28-23-7-4-8-24-26(23)30-32-29-24/h3-16H,1-2H3,(H,28,31). The van der Waals surface area contributed by atoms with Gasteiger partial charge in [0.05, 0.1) is 23.0 Å². The first-order chi connectivity index (χ1) is 15.6. The maximum absolute atomic E-state index is 13.7. The van der Waals surface area contributed by atoms with Gasteiger partial charge in [-0.2, -0.15) is 8.75 Å². The zero-order valence-corrected chi connectivity index (χ0v) is 18.6. The lowest BCUT2D eigenvalue weighted by Crippen LogP contribution is -2.15. The Labute approximate surface area is 190 Å². The molecule has 4 aromatic carbocycles. The number of carbonyl (C=O) groups is 1. The molecule has 0 fully saturated rings. The van der Waals surface area contributed by atoms with Crippen LogP contribution in [0, 0.1) is 13.8 Å². The smallest absolute Gasteiger partial charge is 0.256 e. The predicted octanol–water partition coefficient (Wildman–Crippen LogP) is 6.89. The van der Waals surface area contributed by atoms with Gasteiger partial charge in [-0.3, -0.25) is 4.79 Å². The second-order valence-corrected chi connectivity index (χ2v) is 8.38. The van der Waals surface area contributed by atoms with Crippen molar-refractivity contribution in [1.82, 2.24) is 8.75 Å². The topological polar surface area (TPSA) is 54.9 Å². The minimum Gasteiger partial charge on any atom is -0.320 e. The largest absolute Gasteiger partial charge is 0.320 e. The highest BCUT2D eigenvalue weighted by Gasteiger charge is 2.20. The summed E-state index contributed by atoms with van der Waals surface area (Å²) in [5, 5.41) is 3.10. The van der Waals surface area contributed by atoms with E-state index in [-0.39, 0.29) is 5.91 Å². The fourth-order valence-corrected chi connectivity index (χ4v) is 4.39. The molecule has 1 amide bonds. The quantitative estimate of drug-likeness (QED) is 0.334. The van der Waals surface area contributed by atoms with E-state index in [1.807, 2.05) is 36.4 Å². The number of aromatic nitrogens is 2. The first kappa shape index (κ1) is 20.1. The molecule has 5 aromatic rings. The summed E-state index contributed by atoms with van der Waals surface area (Å²) in [4.78, 5) is 13.7. The lowest BCUT2D eigenvalue weighted by Gasteiger charge is -2.16. The third-order valence-electron chi connectivity index (χ3n) is 5.55. The van der Waals surface area contributed by atoms with Crippen LogP contribution in [0.1, 0.15) is 21.5 Å². The monoisotopic (exact) mass is 435 g/mol. The number of benzene rings is 4. The molecular weight excluding hydrogens is 414 g/mol. The summed E-state index contributed by atoms with van der Waals surface area (Å²) in [6, 6.07) is 28.2. The van der Waals surface area contributed by atoms with Gasteiger partial charge in [0.2, 0.25) is 0 Å². The number of nitrogens with zero attached hydrogens (tertiary/aromatic N) is 2. The molecule has 0 radical (unpaired) electrons. The molecule has 32 heavy (non-hydrogen) atoms. The fourth-order valence-electron chi connectivity index (χ4n) is 3.84. The van der Waals surface area contributed by atoms with Gasteiger partial charge < -0.3 is 5.32 Å². The van der Waals surface area contributed by atoms with Crippen LogP contribution in [0.3, 0.4) is 0 Å². The third-order valence-corrected chi connectivity index (χ3v) is 6.09. The van der Waals surface area contributed by atoms with Gasteiger partial charge in [-0.05, 0) is 48.2 Å². The van der Waals surface area contributed by atoms with Gasteiger partial charge in [0.25, 0.3) is 5.91 Å². The van der Waals surface area contributed by atoms with Crippen LogP contribution < -0.4 is 5.32 Å². The van der Waals surface area contributed by atoms with Gasteiger partial charge in [0.15, 0.2) is 0 Å².